The maximum atomic E-state index is 12.4. The minimum Gasteiger partial charge on any atom is -0.414 e. The van der Waals surface area contributed by atoms with Gasteiger partial charge in [-0.3, -0.25) is 14.3 Å². The highest BCUT2D eigenvalue weighted by Crippen LogP contribution is 2.37. The number of nitrogens with two attached hydrogens (primary N) is 1. The summed E-state index contributed by atoms with van der Waals surface area (Å²) in [5.74, 6) is 0.0803. The fraction of sp³-hybridized carbons (Fsp3) is 0.750. The molecule has 2 heterocycles. The molecule has 0 unspecified atom stereocenters. The monoisotopic (exact) mass is 453 g/mol. The van der Waals surface area contributed by atoms with Crippen molar-refractivity contribution in [2.75, 3.05) is 18.9 Å². The Hall–Kier alpha value is -1.50. The second-order valence-corrected chi connectivity index (χ2v) is 21.0. The SMILES string of the molecule is CC(C)(C)[Si](C)(C)OCCOCn1c([Si](C)(C)C(C)(C)C)nc2c(=O)[nH]c(N)nc21. The van der Waals surface area contributed by atoms with Crippen LogP contribution in [-0.2, 0) is 15.9 Å². The van der Waals surface area contributed by atoms with Crippen molar-refractivity contribution >= 4 is 39.0 Å². The molecule has 0 atom stereocenters. The van der Waals surface area contributed by atoms with E-state index in [9.17, 15) is 4.79 Å². The number of aromatic amines is 1. The predicted molar refractivity (Wildman–Crippen MR) is 128 cm³/mol. The molecular weight excluding hydrogens is 414 g/mol. The molecule has 0 spiro atoms. The van der Waals surface area contributed by atoms with Crippen molar-refractivity contribution in [1.82, 2.24) is 19.5 Å². The Morgan fingerprint density at radius 3 is 2.13 bits per heavy atom. The van der Waals surface area contributed by atoms with Crippen molar-refractivity contribution in [1.29, 1.82) is 0 Å². The molecule has 8 nitrogen and oxygen atoms in total. The number of hydrogen-bond donors (Lipinski definition) is 2. The lowest BCUT2D eigenvalue weighted by Crippen LogP contribution is -2.54. The van der Waals surface area contributed by atoms with Gasteiger partial charge in [-0.2, -0.15) is 4.98 Å². The third-order valence-corrected chi connectivity index (χ3v) is 16.6. The zero-order chi connectivity index (χ0) is 23.1. The van der Waals surface area contributed by atoms with Crippen LogP contribution in [-0.4, -0.2) is 49.1 Å². The van der Waals surface area contributed by atoms with Crippen molar-refractivity contribution in [3.05, 3.63) is 10.4 Å². The topological polar surface area (TPSA) is 108 Å². The van der Waals surface area contributed by atoms with E-state index in [0.29, 0.717) is 24.4 Å². The van der Waals surface area contributed by atoms with Gasteiger partial charge < -0.3 is 14.9 Å². The molecule has 30 heavy (non-hydrogen) atoms. The van der Waals surface area contributed by atoms with Gasteiger partial charge in [-0.05, 0) is 23.2 Å². The van der Waals surface area contributed by atoms with Crippen LogP contribution in [0.25, 0.3) is 11.2 Å². The maximum absolute atomic E-state index is 12.4. The van der Waals surface area contributed by atoms with Crippen LogP contribution in [0.2, 0.25) is 36.3 Å². The molecular formula is C20H39N5O3Si2. The fourth-order valence-corrected chi connectivity index (χ4v) is 5.62. The standard InChI is InChI=1S/C20H39N5O3Si2/c1-19(2,3)29(7,8)18-22-14-15(23-17(21)24-16(14)26)25(18)13-27-11-12-28-30(9,10)20(4,5)6/h11-13H2,1-10H3,(H3,21,23,24,26). The fourth-order valence-electron chi connectivity index (χ4n) is 2.69. The minimum absolute atomic E-state index is 0.0376. The summed E-state index contributed by atoms with van der Waals surface area (Å²) in [4.78, 5) is 24.1. The lowest BCUT2D eigenvalue weighted by Gasteiger charge is -2.36. The van der Waals surface area contributed by atoms with E-state index in [2.05, 4.69) is 77.7 Å². The van der Waals surface area contributed by atoms with Gasteiger partial charge in [-0.15, -0.1) is 0 Å². The molecule has 3 N–H and O–H groups in total. The molecule has 2 aromatic rings. The van der Waals surface area contributed by atoms with Crippen molar-refractivity contribution in [3.63, 3.8) is 0 Å². The zero-order valence-corrected chi connectivity index (χ0v) is 22.3. The highest BCUT2D eigenvalue weighted by atomic mass is 28.4. The molecule has 0 radical (unpaired) electrons. The Labute approximate surface area is 181 Å². The largest absolute Gasteiger partial charge is 0.414 e. The number of rotatable bonds is 7. The van der Waals surface area contributed by atoms with E-state index in [1.807, 2.05) is 4.57 Å². The van der Waals surface area contributed by atoms with Gasteiger partial charge in [-0.25, -0.2) is 4.98 Å². The molecule has 0 aliphatic rings. The van der Waals surface area contributed by atoms with E-state index in [4.69, 9.17) is 19.9 Å². The van der Waals surface area contributed by atoms with Crippen LogP contribution < -0.4 is 16.7 Å². The van der Waals surface area contributed by atoms with Crippen LogP contribution in [0, 0.1) is 0 Å². The molecule has 2 aromatic heterocycles. The van der Waals surface area contributed by atoms with Gasteiger partial charge in [0.25, 0.3) is 5.56 Å². The number of imidazole rings is 1. The molecule has 0 amide bonds. The molecule has 170 valence electrons. The Morgan fingerprint density at radius 2 is 1.60 bits per heavy atom. The van der Waals surface area contributed by atoms with Crippen molar-refractivity contribution < 1.29 is 9.16 Å². The summed E-state index contributed by atoms with van der Waals surface area (Å²) in [5, 5.41) is 0.196. The van der Waals surface area contributed by atoms with Crippen LogP contribution in [0.1, 0.15) is 41.5 Å². The average Bonchev–Trinajstić information content (AvgIpc) is 2.92. The van der Waals surface area contributed by atoms with Gasteiger partial charge in [0.15, 0.2) is 19.5 Å². The van der Waals surface area contributed by atoms with Gasteiger partial charge >= 0.3 is 0 Å². The third kappa shape index (κ3) is 4.87. The van der Waals surface area contributed by atoms with E-state index in [1.54, 1.807) is 0 Å². The first-order valence-electron chi connectivity index (χ1n) is 10.5. The van der Waals surface area contributed by atoms with Crippen molar-refractivity contribution in [3.8, 4) is 0 Å². The summed E-state index contributed by atoms with van der Waals surface area (Å²) >= 11 is 0. The Bertz CT molecular complexity index is 952. The Kier molecular flexibility index (Phi) is 6.78. The summed E-state index contributed by atoms with van der Waals surface area (Å²) in [6, 6.07) is 0. The smallest absolute Gasteiger partial charge is 0.280 e. The minimum atomic E-state index is -2.06. The van der Waals surface area contributed by atoms with Gasteiger partial charge in [0.2, 0.25) is 5.95 Å². The first-order valence-corrected chi connectivity index (χ1v) is 16.4. The summed E-state index contributed by atoms with van der Waals surface area (Å²) < 4.78 is 14.1. The van der Waals surface area contributed by atoms with Crippen LogP contribution in [0.5, 0.6) is 0 Å². The summed E-state index contributed by atoms with van der Waals surface area (Å²) in [7, 11) is -3.87. The number of nitrogens with one attached hydrogen (secondary N) is 1. The van der Waals surface area contributed by atoms with Gasteiger partial charge in [0.05, 0.1) is 18.7 Å². The molecule has 0 saturated carbocycles. The van der Waals surface area contributed by atoms with Crippen molar-refractivity contribution in [2.24, 2.45) is 0 Å². The average molecular weight is 454 g/mol. The van der Waals surface area contributed by atoms with Crippen molar-refractivity contribution in [2.45, 2.75) is 84.5 Å². The summed E-state index contributed by atoms with van der Waals surface area (Å²) in [6.45, 7) is 23.5. The lowest BCUT2D eigenvalue weighted by atomic mass is 10.2. The van der Waals surface area contributed by atoms with E-state index in [0.717, 1.165) is 5.45 Å². The van der Waals surface area contributed by atoms with Crippen LogP contribution in [0.15, 0.2) is 4.79 Å². The van der Waals surface area contributed by atoms with Gasteiger partial charge in [0, 0.05) is 0 Å². The first kappa shape index (κ1) is 24.8. The Balaban J connectivity index is 2.29. The number of anilines is 1. The number of hydrogen-bond acceptors (Lipinski definition) is 6. The first-order chi connectivity index (χ1) is 13.5. The molecule has 0 aliphatic heterocycles. The number of nitrogen functional groups attached to an aromatic ring is 1. The second kappa shape index (κ2) is 8.21. The van der Waals surface area contributed by atoms with Crippen LogP contribution >= 0.6 is 0 Å². The van der Waals surface area contributed by atoms with Crippen LogP contribution in [0.4, 0.5) is 5.95 Å². The third-order valence-electron chi connectivity index (χ3n) is 6.78. The van der Waals surface area contributed by atoms with Gasteiger partial charge in [0.1, 0.15) is 14.8 Å². The Morgan fingerprint density at radius 1 is 1.00 bits per heavy atom. The molecule has 2 rings (SSSR count). The molecule has 0 saturated heterocycles. The predicted octanol–water partition coefficient (Wildman–Crippen LogP) is 3.41. The van der Waals surface area contributed by atoms with E-state index >= 15 is 0 Å². The number of fused-ring (bicyclic) bond motifs is 1. The van der Waals surface area contributed by atoms with Crippen LogP contribution in [0.3, 0.4) is 0 Å². The molecule has 0 fully saturated rings. The number of aromatic nitrogens is 4. The molecule has 0 aromatic carbocycles. The van der Waals surface area contributed by atoms with E-state index in [1.165, 1.54) is 0 Å². The highest BCUT2D eigenvalue weighted by molar-refractivity contribution is 6.91. The van der Waals surface area contributed by atoms with E-state index < -0.39 is 16.4 Å². The molecule has 0 bridgehead atoms. The van der Waals surface area contributed by atoms with E-state index in [-0.39, 0.29) is 28.3 Å². The maximum Gasteiger partial charge on any atom is 0.280 e. The zero-order valence-electron chi connectivity index (χ0n) is 20.3. The normalized spacial score (nSPS) is 13.9. The number of ether oxygens (including phenoxy) is 1. The summed E-state index contributed by atoms with van der Waals surface area (Å²) in [5.41, 5.74) is 7.16. The number of H-pyrrole nitrogens is 1. The summed E-state index contributed by atoms with van der Waals surface area (Å²) in [6.07, 6.45) is 0. The second-order valence-electron chi connectivity index (χ2n) is 11.0. The van der Waals surface area contributed by atoms with Gasteiger partial charge in [-0.1, -0.05) is 54.6 Å². The molecule has 10 heteroatoms. The number of nitrogens with zero attached hydrogens (tertiary/aromatic N) is 3. The quantitative estimate of drug-likeness (QED) is 0.491. The lowest BCUT2D eigenvalue weighted by molar-refractivity contribution is 0.0538. The molecule has 0 aliphatic carbocycles. The highest BCUT2D eigenvalue weighted by Gasteiger charge is 2.42.